The van der Waals surface area contributed by atoms with E-state index < -0.39 is 5.97 Å². The fourth-order valence-corrected chi connectivity index (χ4v) is 1.27. The van der Waals surface area contributed by atoms with Gasteiger partial charge in [0.15, 0.2) is 5.65 Å². The molecule has 0 aromatic carbocycles. The summed E-state index contributed by atoms with van der Waals surface area (Å²) in [6, 6.07) is 1.33. The number of hydrogen-bond acceptors (Lipinski definition) is 5. The van der Waals surface area contributed by atoms with Gasteiger partial charge >= 0.3 is 0 Å². The van der Waals surface area contributed by atoms with E-state index in [-0.39, 0.29) is 12.3 Å². The van der Waals surface area contributed by atoms with Gasteiger partial charge in [-0.2, -0.15) is 5.10 Å². The van der Waals surface area contributed by atoms with Crippen molar-refractivity contribution < 1.29 is 15.0 Å². The predicted molar refractivity (Wildman–Crippen MR) is 48.1 cm³/mol. The molecule has 0 aliphatic carbocycles. The maximum absolute atomic E-state index is 10.5. The molecule has 0 saturated carbocycles. The SMILES string of the molecule is O=C([O-])c1cc2ncc(CCO)cn2n1. The first kappa shape index (κ1) is 9.60. The maximum atomic E-state index is 10.5. The summed E-state index contributed by atoms with van der Waals surface area (Å²) >= 11 is 0. The van der Waals surface area contributed by atoms with Crippen molar-refractivity contribution in [3.05, 3.63) is 29.7 Å². The molecule has 78 valence electrons. The van der Waals surface area contributed by atoms with E-state index >= 15 is 0 Å². The first-order chi connectivity index (χ1) is 7.20. The lowest BCUT2D eigenvalue weighted by Gasteiger charge is -1.97. The van der Waals surface area contributed by atoms with Gasteiger partial charge in [0.05, 0.1) is 5.97 Å². The molecule has 0 bridgehead atoms. The summed E-state index contributed by atoms with van der Waals surface area (Å²) < 4.78 is 1.36. The molecule has 2 rings (SSSR count). The van der Waals surface area contributed by atoms with Crippen LogP contribution in [0.5, 0.6) is 0 Å². The summed E-state index contributed by atoms with van der Waals surface area (Å²) in [4.78, 5) is 14.5. The van der Waals surface area contributed by atoms with Crippen LogP contribution in [0.4, 0.5) is 0 Å². The van der Waals surface area contributed by atoms with Crippen LogP contribution in [0.2, 0.25) is 0 Å². The van der Waals surface area contributed by atoms with E-state index in [9.17, 15) is 9.90 Å². The van der Waals surface area contributed by atoms with Crippen LogP contribution in [0.3, 0.4) is 0 Å². The first-order valence-corrected chi connectivity index (χ1v) is 4.37. The van der Waals surface area contributed by atoms with Crippen molar-refractivity contribution in [2.45, 2.75) is 6.42 Å². The number of aromatic carboxylic acids is 1. The highest BCUT2D eigenvalue weighted by atomic mass is 16.4. The molecule has 0 aliphatic heterocycles. The smallest absolute Gasteiger partial charge is 0.155 e. The number of rotatable bonds is 3. The summed E-state index contributed by atoms with van der Waals surface area (Å²) in [7, 11) is 0. The van der Waals surface area contributed by atoms with E-state index in [0.29, 0.717) is 12.1 Å². The fraction of sp³-hybridized carbons (Fsp3) is 0.222. The lowest BCUT2D eigenvalue weighted by atomic mass is 10.2. The molecular formula is C9H8N3O3-. The van der Waals surface area contributed by atoms with Gasteiger partial charge in [-0.15, -0.1) is 0 Å². The number of aromatic nitrogens is 3. The Bertz CT molecular complexity index is 506. The van der Waals surface area contributed by atoms with Gasteiger partial charge in [-0.1, -0.05) is 0 Å². The third-order valence-corrected chi connectivity index (χ3v) is 1.98. The second-order valence-corrected chi connectivity index (χ2v) is 3.06. The largest absolute Gasteiger partial charge is 0.543 e. The zero-order chi connectivity index (χ0) is 10.8. The second-order valence-electron chi connectivity index (χ2n) is 3.06. The van der Waals surface area contributed by atoms with Crippen LogP contribution in [-0.2, 0) is 6.42 Å². The van der Waals surface area contributed by atoms with Crippen LogP contribution >= 0.6 is 0 Å². The molecule has 0 aliphatic rings. The van der Waals surface area contributed by atoms with Crippen molar-refractivity contribution >= 4 is 11.6 Å². The first-order valence-electron chi connectivity index (χ1n) is 4.37. The van der Waals surface area contributed by atoms with Crippen molar-refractivity contribution in [2.24, 2.45) is 0 Å². The molecule has 1 N–H and O–H groups in total. The maximum Gasteiger partial charge on any atom is 0.155 e. The zero-order valence-electron chi connectivity index (χ0n) is 7.75. The summed E-state index contributed by atoms with van der Waals surface area (Å²) in [6.07, 6.45) is 3.67. The third-order valence-electron chi connectivity index (χ3n) is 1.98. The number of carboxylic acids is 1. The number of carboxylic acid groups (broad SMARTS) is 1. The molecule has 0 radical (unpaired) electrons. The van der Waals surface area contributed by atoms with Crippen molar-refractivity contribution in [1.29, 1.82) is 0 Å². The number of aliphatic hydroxyl groups excluding tert-OH is 1. The quantitative estimate of drug-likeness (QED) is 0.668. The molecule has 0 saturated heterocycles. The average Bonchev–Trinajstić information content (AvgIpc) is 2.61. The molecule has 6 nitrogen and oxygen atoms in total. The minimum atomic E-state index is -1.33. The van der Waals surface area contributed by atoms with Crippen LogP contribution in [0.1, 0.15) is 16.1 Å². The van der Waals surface area contributed by atoms with Gasteiger partial charge in [0.2, 0.25) is 0 Å². The molecule has 0 unspecified atom stereocenters. The highest BCUT2D eigenvalue weighted by molar-refractivity contribution is 5.84. The van der Waals surface area contributed by atoms with Gasteiger partial charge in [-0.05, 0) is 12.0 Å². The number of hydrogen-bond donors (Lipinski definition) is 1. The normalized spacial score (nSPS) is 10.7. The standard InChI is InChI=1S/C9H9N3O3/c13-2-1-6-4-10-8-3-7(9(14)15)11-12(8)5-6/h3-5,13H,1-2H2,(H,14,15)/p-1. The highest BCUT2D eigenvalue weighted by Crippen LogP contribution is 2.05. The molecule has 6 heteroatoms. The minimum Gasteiger partial charge on any atom is -0.543 e. The van der Waals surface area contributed by atoms with Crippen LogP contribution in [-0.4, -0.2) is 32.3 Å². The fourth-order valence-electron chi connectivity index (χ4n) is 1.27. The van der Waals surface area contributed by atoms with E-state index in [1.807, 2.05) is 0 Å². The van der Waals surface area contributed by atoms with E-state index in [4.69, 9.17) is 5.11 Å². The zero-order valence-corrected chi connectivity index (χ0v) is 7.75. The minimum absolute atomic E-state index is 0.0157. The average molecular weight is 206 g/mol. The van der Waals surface area contributed by atoms with Crippen LogP contribution < -0.4 is 5.11 Å². The Hall–Kier alpha value is -1.95. The topological polar surface area (TPSA) is 90.5 Å². The van der Waals surface area contributed by atoms with Gasteiger partial charge in [0.1, 0.15) is 5.69 Å². The number of fused-ring (bicyclic) bond motifs is 1. The molecular weight excluding hydrogens is 198 g/mol. The summed E-state index contributed by atoms with van der Waals surface area (Å²) in [5.74, 6) is -1.33. The summed E-state index contributed by atoms with van der Waals surface area (Å²) in [5, 5.41) is 23.0. The van der Waals surface area contributed by atoms with Crippen molar-refractivity contribution in [3.8, 4) is 0 Å². The monoisotopic (exact) mass is 206 g/mol. The molecule has 0 amide bonds. The van der Waals surface area contributed by atoms with E-state index in [1.165, 1.54) is 10.6 Å². The molecule has 2 heterocycles. The molecule has 0 spiro atoms. The van der Waals surface area contributed by atoms with Crippen LogP contribution in [0.25, 0.3) is 5.65 Å². The van der Waals surface area contributed by atoms with E-state index in [0.717, 1.165) is 5.56 Å². The van der Waals surface area contributed by atoms with Crippen molar-refractivity contribution in [2.75, 3.05) is 6.61 Å². The Morgan fingerprint density at radius 1 is 1.60 bits per heavy atom. The Morgan fingerprint density at radius 3 is 3.07 bits per heavy atom. The predicted octanol–water partition coefficient (Wildman–Crippen LogP) is -1.37. The summed E-state index contributed by atoms with van der Waals surface area (Å²) in [5.41, 5.74) is 1.08. The second kappa shape index (κ2) is 3.66. The number of carbonyl (C=O) groups is 1. The third kappa shape index (κ3) is 1.79. The Kier molecular flexibility index (Phi) is 2.34. The van der Waals surface area contributed by atoms with E-state index in [2.05, 4.69) is 10.1 Å². The Labute approximate surface area is 84.8 Å². The van der Waals surface area contributed by atoms with Crippen molar-refractivity contribution in [3.63, 3.8) is 0 Å². The van der Waals surface area contributed by atoms with Gasteiger partial charge in [-0.25, -0.2) is 9.50 Å². The van der Waals surface area contributed by atoms with Crippen LogP contribution in [0.15, 0.2) is 18.5 Å². The summed E-state index contributed by atoms with van der Waals surface area (Å²) in [6.45, 7) is 0.0157. The number of aliphatic hydroxyl groups is 1. The molecule has 15 heavy (non-hydrogen) atoms. The Balaban J connectivity index is 2.47. The number of nitrogens with zero attached hydrogens (tertiary/aromatic N) is 3. The van der Waals surface area contributed by atoms with Gasteiger partial charge in [0, 0.05) is 25.1 Å². The molecule has 0 atom stereocenters. The molecule has 2 aromatic rings. The van der Waals surface area contributed by atoms with Gasteiger partial charge in [-0.3, -0.25) is 0 Å². The van der Waals surface area contributed by atoms with Crippen molar-refractivity contribution in [1.82, 2.24) is 14.6 Å². The highest BCUT2D eigenvalue weighted by Gasteiger charge is 2.03. The molecule has 0 fully saturated rings. The lowest BCUT2D eigenvalue weighted by molar-refractivity contribution is -0.255. The van der Waals surface area contributed by atoms with Crippen LogP contribution in [0, 0.1) is 0 Å². The van der Waals surface area contributed by atoms with Gasteiger partial charge < -0.3 is 15.0 Å². The number of carbonyl (C=O) groups excluding carboxylic acids is 1. The lowest BCUT2D eigenvalue weighted by Crippen LogP contribution is -2.22. The van der Waals surface area contributed by atoms with Gasteiger partial charge in [0.25, 0.3) is 0 Å². The molecule has 2 aromatic heterocycles. The Morgan fingerprint density at radius 2 is 2.40 bits per heavy atom. The van der Waals surface area contributed by atoms with E-state index in [1.54, 1.807) is 12.4 Å².